The number of hydrogen-bond acceptors (Lipinski definition) is 4. The van der Waals surface area contributed by atoms with Gasteiger partial charge in [0.05, 0.1) is 19.3 Å². The molecule has 1 aromatic rings. The molecule has 0 amide bonds. The molecule has 0 bridgehead atoms. The average molecular weight is 286 g/mol. The van der Waals surface area contributed by atoms with Crippen molar-refractivity contribution < 1.29 is 22.6 Å². The highest BCUT2D eigenvalue weighted by molar-refractivity contribution is 5.39. The largest absolute Gasteiger partial charge is 0.573 e. The Hall–Kier alpha value is -1.78. The lowest BCUT2D eigenvalue weighted by molar-refractivity contribution is -0.275. The quantitative estimate of drug-likeness (QED) is 0.856. The van der Waals surface area contributed by atoms with Crippen molar-refractivity contribution in [2.24, 2.45) is 0 Å². The number of ether oxygens (including phenoxy) is 2. The van der Waals surface area contributed by atoms with Crippen LogP contribution in [0, 0.1) is 11.3 Å². The number of halogens is 3. The Labute approximate surface area is 114 Å². The Morgan fingerprint density at radius 2 is 1.90 bits per heavy atom. The molecule has 0 aliphatic carbocycles. The Morgan fingerprint density at radius 1 is 1.25 bits per heavy atom. The fourth-order valence-electron chi connectivity index (χ4n) is 2.11. The van der Waals surface area contributed by atoms with Crippen molar-refractivity contribution in [1.29, 1.82) is 5.26 Å². The molecule has 0 saturated carbocycles. The minimum absolute atomic E-state index is 0.217. The molecule has 0 radical (unpaired) electrons. The summed E-state index contributed by atoms with van der Waals surface area (Å²) in [5.41, 5.74) is 0.217. The first-order chi connectivity index (χ1) is 9.51. The zero-order valence-electron chi connectivity index (χ0n) is 10.6. The fourth-order valence-corrected chi connectivity index (χ4v) is 2.11. The van der Waals surface area contributed by atoms with E-state index in [1.807, 2.05) is 6.07 Å². The van der Waals surface area contributed by atoms with Gasteiger partial charge in [-0.3, -0.25) is 4.90 Å². The Balaban J connectivity index is 2.27. The topological polar surface area (TPSA) is 45.5 Å². The lowest BCUT2D eigenvalue weighted by atomic mass is 10.0. The molecule has 1 saturated heterocycles. The van der Waals surface area contributed by atoms with Crippen molar-refractivity contribution >= 4 is 0 Å². The smallest absolute Gasteiger partial charge is 0.405 e. The molecule has 0 N–H and O–H groups in total. The second-order valence-electron chi connectivity index (χ2n) is 4.27. The molecule has 0 aromatic heterocycles. The molecule has 1 unspecified atom stereocenters. The molecule has 4 nitrogen and oxygen atoms in total. The molecule has 1 heterocycles. The van der Waals surface area contributed by atoms with Crippen LogP contribution in [-0.2, 0) is 4.74 Å². The number of nitriles is 1. The van der Waals surface area contributed by atoms with Crippen LogP contribution in [-0.4, -0.2) is 37.6 Å². The first-order valence-corrected chi connectivity index (χ1v) is 6.07. The fraction of sp³-hybridized carbons (Fsp3) is 0.462. The average Bonchev–Trinajstić information content (AvgIpc) is 2.41. The van der Waals surface area contributed by atoms with E-state index < -0.39 is 12.4 Å². The number of para-hydroxylation sites is 1. The number of rotatable bonds is 3. The van der Waals surface area contributed by atoms with E-state index in [2.05, 4.69) is 4.74 Å². The van der Waals surface area contributed by atoms with E-state index in [4.69, 9.17) is 4.74 Å². The van der Waals surface area contributed by atoms with Crippen molar-refractivity contribution in [1.82, 2.24) is 4.90 Å². The van der Waals surface area contributed by atoms with Crippen molar-refractivity contribution in [3.05, 3.63) is 29.8 Å². The molecule has 1 atom stereocenters. The van der Waals surface area contributed by atoms with Crippen molar-refractivity contribution in [3.8, 4) is 11.8 Å². The van der Waals surface area contributed by atoms with E-state index in [1.54, 1.807) is 11.0 Å². The first-order valence-electron chi connectivity index (χ1n) is 6.07. The van der Waals surface area contributed by atoms with Crippen LogP contribution in [0.1, 0.15) is 11.6 Å². The first kappa shape index (κ1) is 14.6. The number of alkyl halides is 3. The van der Waals surface area contributed by atoms with E-state index in [1.165, 1.54) is 18.2 Å². The number of benzene rings is 1. The van der Waals surface area contributed by atoms with Gasteiger partial charge in [-0.25, -0.2) is 0 Å². The highest BCUT2D eigenvalue weighted by Crippen LogP contribution is 2.33. The number of morpholine rings is 1. The second kappa shape index (κ2) is 6.11. The summed E-state index contributed by atoms with van der Waals surface area (Å²) in [6.07, 6.45) is -4.78. The lowest BCUT2D eigenvalue weighted by Gasteiger charge is -2.31. The molecular weight excluding hydrogens is 273 g/mol. The van der Waals surface area contributed by atoms with E-state index in [0.29, 0.717) is 26.3 Å². The third kappa shape index (κ3) is 3.62. The van der Waals surface area contributed by atoms with E-state index in [0.717, 1.165) is 0 Å². The SMILES string of the molecule is N#CC(c1ccccc1OC(F)(F)F)N1CCOCC1. The van der Waals surface area contributed by atoms with Gasteiger partial charge < -0.3 is 9.47 Å². The van der Waals surface area contributed by atoms with Crippen molar-refractivity contribution in [2.45, 2.75) is 12.4 Å². The Bertz CT molecular complexity index is 493. The zero-order valence-corrected chi connectivity index (χ0v) is 10.6. The molecule has 1 aliphatic heterocycles. The lowest BCUT2D eigenvalue weighted by Crippen LogP contribution is -2.38. The number of hydrogen-bond donors (Lipinski definition) is 0. The van der Waals surface area contributed by atoms with Gasteiger partial charge in [-0.1, -0.05) is 18.2 Å². The van der Waals surface area contributed by atoms with Crippen LogP contribution in [0.15, 0.2) is 24.3 Å². The standard InChI is InChI=1S/C13H13F3N2O2/c14-13(15,16)20-12-4-2-1-3-10(12)11(9-17)18-5-7-19-8-6-18/h1-4,11H,5-8H2. The van der Waals surface area contributed by atoms with E-state index in [9.17, 15) is 18.4 Å². The molecule has 108 valence electrons. The van der Waals surface area contributed by atoms with Crippen LogP contribution in [0.2, 0.25) is 0 Å². The maximum absolute atomic E-state index is 12.4. The van der Waals surface area contributed by atoms with Crippen LogP contribution in [0.3, 0.4) is 0 Å². The van der Waals surface area contributed by atoms with Crippen LogP contribution >= 0.6 is 0 Å². The van der Waals surface area contributed by atoms with Gasteiger partial charge in [0.2, 0.25) is 0 Å². The zero-order chi connectivity index (χ0) is 14.6. The van der Waals surface area contributed by atoms with Gasteiger partial charge in [-0.2, -0.15) is 5.26 Å². The predicted octanol–water partition coefficient (Wildman–Crippen LogP) is 2.48. The number of nitrogens with zero attached hydrogens (tertiary/aromatic N) is 2. The molecule has 20 heavy (non-hydrogen) atoms. The van der Waals surface area contributed by atoms with Gasteiger partial charge in [-0.15, -0.1) is 13.2 Å². The second-order valence-corrected chi connectivity index (χ2v) is 4.27. The molecule has 0 spiro atoms. The summed E-state index contributed by atoms with van der Waals surface area (Å²) in [4.78, 5) is 1.78. The summed E-state index contributed by atoms with van der Waals surface area (Å²) in [6, 6.07) is 6.98. The van der Waals surface area contributed by atoms with Gasteiger partial charge in [0.1, 0.15) is 11.8 Å². The monoisotopic (exact) mass is 286 g/mol. The van der Waals surface area contributed by atoms with Gasteiger partial charge in [0.15, 0.2) is 0 Å². The van der Waals surface area contributed by atoms with Crippen molar-refractivity contribution in [3.63, 3.8) is 0 Å². The minimum Gasteiger partial charge on any atom is -0.405 e. The molecular formula is C13H13F3N2O2. The highest BCUT2D eigenvalue weighted by atomic mass is 19.4. The Kier molecular flexibility index (Phi) is 4.47. The maximum Gasteiger partial charge on any atom is 0.573 e. The normalized spacial score (nSPS) is 18.3. The van der Waals surface area contributed by atoms with Crippen LogP contribution in [0.4, 0.5) is 13.2 Å². The van der Waals surface area contributed by atoms with Crippen LogP contribution < -0.4 is 4.74 Å². The summed E-state index contributed by atoms with van der Waals surface area (Å²) < 4.78 is 46.4. The molecule has 1 fully saturated rings. The summed E-state index contributed by atoms with van der Waals surface area (Å²) in [7, 11) is 0. The summed E-state index contributed by atoms with van der Waals surface area (Å²) in [6.45, 7) is 1.91. The molecule has 7 heteroatoms. The van der Waals surface area contributed by atoms with Crippen molar-refractivity contribution in [2.75, 3.05) is 26.3 Å². The predicted molar refractivity (Wildman–Crippen MR) is 63.9 cm³/mol. The Morgan fingerprint density at radius 3 is 2.50 bits per heavy atom. The third-order valence-corrected chi connectivity index (χ3v) is 2.97. The molecule has 1 aromatic carbocycles. The molecule has 2 rings (SSSR count). The summed E-state index contributed by atoms with van der Waals surface area (Å²) in [5, 5.41) is 9.29. The van der Waals surface area contributed by atoms with Gasteiger partial charge in [0.25, 0.3) is 0 Å². The van der Waals surface area contributed by atoms with E-state index >= 15 is 0 Å². The molecule has 1 aliphatic rings. The third-order valence-electron chi connectivity index (χ3n) is 2.97. The maximum atomic E-state index is 12.4. The van der Waals surface area contributed by atoms with Gasteiger partial charge in [0, 0.05) is 18.7 Å². The van der Waals surface area contributed by atoms with Gasteiger partial charge >= 0.3 is 6.36 Å². The van der Waals surface area contributed by atoms with Crippen LogP contribution in [0.25, 0.3) is 0 Å². The minimum atomic E-state index is -4.78. The highest BCUT2D eigenvalue weighted by Gasteiger charge is 2.34. The van der Waals surface area contributed by atoms with E-state index in [-0.39, 0.29) is 11.3 Å². The summed E-state index contributed by atoms with van der Waals surface area (Å²) in [5.74, 6) is -0.335. The summed E-state index contributed by atoms with van der Waals surface area (Å²) >= 11 is 0. The van der Waals surface area contributed by atoms with Gasteiger partial charge in [-0.05, 0) is 6.07 Å². The van der Waals surface area contributed by atoms with Crippen LogP contribution in [0.5, 0.6) is 5.75 Å².